The van der Waals surface area contributed by atoms with Gasteiger partial charge in [0, 0.05) is 5.92 Å². The van der Waals surface area contributed by atoms with E-state index in [-0.39, 0.29) is 5.92 Å². The van der Waals surface area contributed by atoms with Crippen LogP contribution >= 0.6 is 0 Å². The molecule has 0 amide bonds. The van der Waals surface area contributed by atoms with Crippen molar-refractivity contribution in [2.24, 2.45) is 0 Å². The molecule has 1 atom stereocenters. The zero-order chi connectivity index (χ0) is 9.84. The Morgan fingerprint density at radius 3 is 2.69 bits per heavy atom. The maximum Gasteiger partial charge on any atom is 0.127 e. The summed E-state index contributed by atoms with van der Waals surface area (Å²) in [6, 6.07) is 5.83. The largest absolute Gasteiger partial charge is 0.496 e. The van der Waals surface area contributed by atoms with Gasteiger partial charge in [-0.05, 0) is 24.1 Å². The van der Waals surface area contributed by atoms with Gasteiger partial charge in [0.15, 0.2) is 0 Å². The van der Waals surface area contributed by atoms with Crippen molar-refractivity contribution in [3.63, 3.8) is 0 Å². The maximum absolute atomic E-state index is 10.5. The molecule has 0 spiro atoms. The topological polar surface area (TPSA) is 26.3 Å². The molecule has 1 aromatic rings. The first-order valence-corrected chi connectivity index (χ1v) is 4.29. The Morgan fingerprint density at radius 2 is 2.15 bits per heavy atom. The van der Waals surface area contributed by atoms with Crippen molar-refractivity contribution in [1.29, 1.82) is 0 Å². The van der Waals surface area contributed by atoms with Crippen molar-refractivity contribution >= 4 is 6.29 Å². The molecule has 0 radical (unpaired) electrons. The average Bonchev–Trinajstić information content (AvgIpc) is 2.17. The van der Waals surface area contributed by atoms with E-state index in [1.54, 1.807) is 7.11 Å². The number of ether oxygens (including phenoxy) is 1. The number of rotatable bonds is 3. The van der Waals surface area contributed by atoms with Gasteiger partial charge < -0.3 is 9.53 Å². The predicted octanol–water partition coefficient (Wildman–Crippen LogP) is 2.31. The highest BCUT2D eigenvalue weighted by Crippen LogP contribution is 2.22. The second-order valence-corrected chi connectivity index (χ2v) is 3.15. The standard InChI is InChI=1S/C11H14O2/c1-8-4-5-10(9(2)7-12)6-11(8)13-3/h4-7,9H,1-3H3/t9-/m0/s1. The molecule has 0 fully saturated rings. The third-order valence-electron chi connectivity index (χ3n) is 2.16. The van der Waals surface area contributed by atoms with Crippen LogP contribution in [0.3, 0.4) is 0 Å². The average molecular weight is 178 g/mol. The van der Waals surface area contributed by atoms with E-state index < -0.39 is 0 Å². The summed E-state index contributed by atoms with van der Waals surface area (Å²) in [6.45, 7) is 3.85. The lowest BCUT2D eigenvalue weighted by atomic mass is 10.0. The van der Waals surface area contributed by atoms with Crippen LogP contribution in [0, 0.1) is 6.92 Å². The van der Waals surface area contributed by atoms with Gasteiger partial charge in [-0.1, -0.05) is 19.1 Å². The van der Waals surface area contributed by atoms with E-state index >= 15 is 0 Å². The molecule has 2 heteroatoms. The molecule has 0 aliphatic rings. The van der Waals surface area contributed by atoms with Crippen molar-refractivity contribution in [3.05, 3.63) is 29.3 Å². The molecule has 0 aromatic heterocycles. The highest BCUT2D eigenvalue weighted by Gasteiger charge is 2.06. The van der Waals surface area contributed by atoms with Gasteiger partial charge in [0.05, 0.1) is 7.11 Å². The molecule has 13 heavy (non-hydrogen) atoms. The molecule has 0 N–H and O–H groups in total. The molecule has 0 unspecified atom stereocenters. The van der Waals surface area contributed by atoms with Crippen LogP contribution in [-0.4, -0.2) is 13.4 Å². The van der Waals surface area contributed by atoms with Gasteiger partial charge in [0.2, 0.25) is 0 Å². The summed E-state index contributed by atoms with van der Waals surface area (Å²) in [7, 11) is 1.64. The molecule has 2 nitrogen and oxygen atoms in total. The van der Waals surface area contributed by atoms with Crippen molar-refractivity contribution in [1.82, 2.24) is 0 Å². The number of carbonyl (C=O) groups excluding carboxylic acids is 1. The van der Waals surface area contributed by atoms with Crippen molar-refractivity contribution in [2.75, 3.05) is 7.11 Å². The number of methoxy groups -OCH3 is 1. The normalized spacial score (nSPS) is 12.2. The molecule has 0 heterocycles. The van der Waals surface area contributed by atoms with Crippen LogP contribution in [-0.2, 0) is 4.79 Å². The van der Waals surface area contributed by atoms with Crippen LogP contribution in [0.4, 0.5) is 0 Å². The number of benzene rings is 1. The first-order chi connectivity index (χ1) is 6.19. The summed E-state index contributed by atoms with van der Waals surface area (Å²) in [5.74, 6) is 0.778. The highest BCUT2D eigenvalue weighted by molar-refractivity contribution is 5.62. The Kier molecular flexibility index (Phi) is 3.07. The van der Waals surface area contributed by atoms with E-state index in [1.807, 2.05) is 32.0 Å². The molecular weight excluding hydrogens is 164 g/mol. The van der Waals surface area contributed by atoms with Gasteiger partial charge in [0.25, 0.3) is 0 Å². The number of aryl methyl sites for hydroxylation is 1. The molecular formula is C11H14O2. The quantitative estimate of drug-likeness (QED) is 0.664. The number of carbonyl (C=O) groups is 1. The zero-order valence-electron chi connectivity index (χ0n) is 8.20. The van der Waals surface area contributed by atoms with Gasteiger partial charge in [-0.2, -0.15) is 0 Å². The summed E-state index contributed by atoms with van der Waals surface area (Å²) in [5.41, 5.74) is 2.08. The van der Waals surface area contributed by atoms with Gasteiger partial charge in [-0.3, -0.25) is 0 Å². The molecule has 0 saturated carbocycles. The van der Waals surface area contributed by atoms with E-state index in [9.17, 15) is 4.79 Å². The first kappa shape index (κ1) is 9.78. The second-order valence-electron chi connectivity index (χ2n) is 3.15. The second kappa shape index (κ2) is 4.08. The Bertz CT molecular complexity index is 305. The van der Waals surface area contributed by atoms with Crippen molar-refractivity contribution in [2.45, 2.75) is 19.8 Å². The van der Waals surface area contributed by atoms with Crippen molar-refractivity contribution in [3.8, 4) is 5.75 Å². The third-order valence-corrected chi connectivity index (χ3v) is 2.16. The van der Waals surface area contributed by atoms with E-state index in [2.05, 4.69) is 0 Å². The van der Waals surface area contributed by atoms with E-state index in [0.29, 0.717) is 0 Å². The zero-order valence-corrected chi connectivity index (χ0v) is 8.20. The van der Waals surface area contributed by atoms with Gasteiger partial charge in [-0.15, -0.1) is 0 Å². The summed E-state index contributed by atoms with van der Waals surface area (Å²) in [6.07, 6.45) is 0.935. The minimum Gasteiger partial charge on any atom is -0.496 e. The molecule has 1 rings (SSSR count). The molecule has 0 saturated heterocycles. The van der Waals surface area contributed by atoms with Crippen LogP contribution in [0.15, 0.2) is 18.2 Å². The van der Waals surface area contributed by atoms with Crippen LogP contribution in [0.5, 0.6) is 5.75 Å². The van der Waals surface area contributed by atoms with Gasteiger partial charge >= 0.3 is 0 Å². The van der Waals surface area contributed by atoms with Crippen LogP contribution in [0.1, 0.15) is 24.0 Å². The molecule has 0 aliphatic carbocycles. The van der Waals surface area contributed by atoms with Gasteiger partial charge in [0.1, 0.15) is 12.0 Å². The summed E-state index contributed by atoms with van der Waals surface area (Å²) in [5, 5.41) is 0. The monoisotopic (exact) mass is 178 g/mol. The van der Waals surface area contributed by atoms with E-state index in [4.69, 9.17) is 4.74 Å². The lowest BCUT2D eigenvalue weighted by Gasteiger charge is -2.08. The van der Waals surface area contributed by atoms with Crippen LogP contribution in [0.25, 0.3) is 0 Å². The van der Waals surface area contributed by atoms with E-state index in [0.717, 1.165) is 23.2 Å². The number of hydrogen-bond donors (Lipinski definition) is 0. The van der Waals surface area contributed by atoms with Crippen LogP contribution in [0.2, 0.25) is 0 Å². The Hall–Kier alpha value is -1.31. The summed E-state index contributed by atoms with van der Waals surface area (Å²) >= 11 is 0. The Labute approximate surface area is 78.5 Å². The molecule has 0 aliphatic heterocycles. The Balaban J connectivity index is 3.05. The highest BCUT2D eigenvalue weighted by atomic mass is 16.5. The summed E-state index contributed by atoms with van der Waals surface area (Å²) < 4.78 is 5.16. The van der Waals surface area contributed by atoms with E-state index in [1.165, 1.54) is 0 Å². The number of hydrogen-bond acceptors (Lipinski definition) is 2. The molecule has 0 bridgehead atoms. The SMILES string of the molecule is COc1cc([C@@H](C)C=O)ccc1C. The first-order valence-electron chi connectivity index (χ1n) is 4.29. The fraction of sp³-hybridized carbons (Fsp3) is 0.364. The van der Waals surface area contributed by atoms with Crippen molar-refractivity contribution < 1.29 is 9.53 Å². The lowest BCUT2D eigenvalue weighted by molar-refractivity contribution is -0.108. The van der Waals surface area contributed by atoms with Crippen LogP contribution < -0.4 is 4.74 Å². The number of aldehydes is 1. The maximum atomic E-state index is 10.5. The fourth-order valence-electron chi connectivity index (χ4n) is 1.20. The predicted molar refractivity (Wildman–Crippen MR) is 52.2 cm³/mol. The minimum atomic E-state index is -0.0606. The summed E-state index contributed by atoms with van der Waals surface area (Å²) in [4.78, 5) is 10.5. The smallest absolute Gasteiger partial charge is 0.127 e. The van der Waals surface area contributed by atoms with Gasteiger partial charge in [-0.25, -0.2) is 0 Å². The molecule has 1 aromatic carbocycles. The fourth-order valence-corrected chi connectivity index (χ4v) is 1.20. The third kappa shape index (κ3) is 2.08. The Morgan fingerprint density at radius 1 is 1.46 bits per heavy atom. The lowest BCUT2D eigenvalue weighted by Crippen LogP contribution is -1.96. The molecule has 70 valence electrons. The minimum absolute atomic E-state index is 0.0606.